The van der Waals surface area contributed by atoms with Gasteiger partial charge in [-0.15, -0.1) is 0 Å². The maximum absolute atomic E-state index is 8.89. The molecule has 5 heteroatoms. The molecule has 0 spiro atoms. The van der Waals surface area contributed by atoms with Crippen LogP contribution in [0.3, 0.4) is 0 Å². The SMILES string of the molecule is N#Cc1ncc2n[nH]c(C3CC3)c2c1Br. The first kappa shape index (κ1) is 8.86. The molecule has 0 bridgehead atoms. The third-order valence-corrected chi connectivity index (χ3v) is 3.43. The van der Waals surface area contributed by atoms with Gasteiger partial charge in [0.15, 0.2) is 5.69 Å². The number of aromatic amines is 1. The van der Waals surface area contributed by atoms with E-state index >= 15 is 0 Å². The van der Waals surface area contributed by atoms with Crippen molar-refractivity contribution in [1.29, 1.82) is 5.26 Å². The summed E-state index contributed by atoms with van der Waals surface area (Å²) in [6.07, 6.45) is 4.04. The Labute approximate surface area is 94.4 Å². The number of H-pyrrole nitrogens is 1. The van der Waals surface area contributed by atoms with Crippen molar-refractivity contribution < 1.29 is 0 Å². The molecule has 0 radical (unpaired) electrons. The molecule has 2 heterocycles. The third kappa shape index (κ3) is 1.25. The molecule has 0 atom stereocenters. The molecule has 74 valence electrons. The van der Waals surface area contributed by atoms with Crippen molar-refractivity contribution in [2.24, 2.45) is 0 Å². The molecule has 0 aromatic carbocycles. The fourth-order valence-corrected chi connectivity index (χ4v) is 2.35. The Hall–Kier alpha value is -1.41. The Morgan fingerprint density at radius 3 is 3.00 bits per heavy atom. The standard InChI is InChI=1S/C10H7BrN4/c11-9-6(3-12)13-4-7-8(9)10(15-14-7)5-1-2-5/h4-5H,1-2H2,(H,14,15). The number of nitriles is 1. The van der Waals surface area contributed by atoms with Gasteiger partial charge in [-0.05, 0) is 28.8 Å². The zero-order valence-corrected chi connectivity index (χ0v) is 9.37. The number of nitrogens with one attached hydrogen (secondary N) is 1. The molecular formula is C10H7BrN4. The van der Waals surface area contributed by atoms with E-state index in [2.05, 4.69) is 37.2 Å². The maximum atomic E-state index is 8.89. The van der Waals surface area contributed by atoms with E-state index in [0.29, 0.717) is 11.6 Å². The van der Waals surface area contributed by atoms with Gasteiger partial charge < -0.3 is 0 Å². The molecule has 1 aliphatic rings. The van der Waals surface area contributed by atoms with E-state index in [-0.39, 0.29) is 0 Å². The van der Waals surface area contributed by atoms with Crippen molar-refractivity contribution in [2.75, 3.05) is 0 Å². The monoisotopic (exact) mass is 262 g/mol. The molecule has 1 fully saturated rings. The number of hydrogen-bond acceptors (Lipinski definition) is 3. The smallest absolute Gasteiger partial charge is 0.155 e. The van der Waals surface area contributed by atoms with Crippen LogP contribution in [-0.2, 0) is 0 Å². The van der Waals surface area contributed by atoms with Crippen LogP contribution in [0.4, 0.5) is 0 Å². The second-order valence-electron chi connectivity index (χ2n) is 3.70. The molecule has 3 rings (SSSR count). The first-order valence-corrected chi connectivity index (χ1v) is 5.53. The van der Waals surface area contributed by atoms with E-state index in [1.165, 1.54) is 12.8 Å². The van der Waals surface area contributed by atoms with Gasteiger partial charge in [-0.1, -0.05) is 0 Å². The topological polar surface area (TPSA) is 65.4 Å². The fraction of sp³-hybridized carbons (Fsp3) is 0.300. The quantitative estimate of drug-likeness (QED) is 0.859. The molecule has 0 saturated heterocycles. The molecule has 15 heavy (non-hydrogen) atoms. The van der Waals surface area contributed by atoms with E-state index in [1.807, 2.05) is 0 Å². The molecule has 2 aromatic heterocycles. The molecule has 1 aliphatic carbocycles. The number of nitrogens with zero attached hydrogens (tertiary/aromatic N) is 3. The number of halogens is 1. The van der Waals surface area contributed by atoms with Crippen LogP contribution in [0.15, 0.2) is 10.7 Å². The van der Waals surface area contributed by atoms with Crippen LogP contribution in [0, 0.1) is 11.3 Å². The van der Waals surface area contributed by atoms with Crippen LogP contribution in [0.2, 0.25) is 0 Å². The van der Waals surface area contributed by atoms with Gasteiger partial charge in [0.05, 0.1) is 10.7 Å². The number of hydrogen-bond donors (Lipinski definition) is 1. The molecule has 0 amide bonds. The summed E-state index contributed by atoms with van der Waals surface area (Å²) in [7, 11) is 0. The van der Waals surface area contributed by atoms with Crippen molar-refractivity contribution >= 4 is 26.8 Å². The Bertz CT molecular complexity index is 577. The van der Waals surface area contributed by atoms with Crippen molar-refractivity contribution in [3.05, 3.63) is 22.1 Å². The zero-order chi connectivity index (χ0) is 10.4. The predicted molar refractivity (Wildman–Crippen MR) is 58.3 cm³/mol. The maximum Gasteiger partial charge on any atom is 0.155 e. The fourth-order valence-electron chi connectivity index (χ4n) is 1.74. The van der Waals surface area contributed by atoms with E-state index in [0.717, 1.165) is 21.1 Å². The first-order chi connectivity index (χ1) is 7.31. The summed E-state index contributed by atoms with van der Waals surface area (Å²) < 4.78 is 0.762. The minimum absolute atomic E-state index is 0.422. The van der Waals surface area contributed by atoms with Crippen LogP contribution < -0.4 is 0 Å². The van der Waals surface area contributed by atoms with Crippen molar-refractivity contribution in [3.63, 3.8) is 0 Å². The lowest BCUT2D eigenvalue weighted by Gasteiger charge is -1.98. The molecule has 2 aromatic rings. The number of rotatable bonds is 1. The van der Waals surface area contributed by atoms with E-state index < -0.39 is 0 Å². The van der Waals surface area contributed by atoms with E-state index in [1.54, 1.807) is 6.20 Å². The molecule has 0 unspecified atom stereocenters. The predicted octanol–water partition coefficient (Wildman–Crippen LogP) is 2.47. The van der Waals surface area contributed by atoms with Gasteiger partial charge in [0.2, 0.25) is 0 Å². The van der Waals surface area contributed by atoms with Crippen molar-refractivity contribution in [1.82, 2.24) is 15.2 Å². The average Bonchev–Trinajstić information content (AvgIpc) is 2.99. The Balaban J connectivity index is 2.35. The molecule has 0 aliphatic heterocycles. The van der Waals surface area contributed by atoms with Gasteiger partial charge in [0, 0.05) is 17.0 Å². The normalized spacial score (nSPS) is 15.5. The van der Waals surface area contributed by atoms with Gasteiger partial charge in [-0.25, -0.2) is 4.98 Å². The lowest BCUT2D eigenvalue weighted by atomic mass is 10.1. The number of aromatic nitrogens is 3. The van der Waals surface area contributed by atoms with Crippen molar-refractivity contribution in [2.45, 2.75) is 18.8 Å². The highest BCUT2D eigenvalue weighted by molar-refractivity contribution is 9.10. The summed E-state index contributed by atoms with van der Waals surface area (Å²) >= 11 is 3.42. The van der Waals surface area contributed by atoms with Crippen molar-refractivity contribution in [3.8, 4) is 6.07 Å². The highest BCUT2D eigenvalue weighted by Crippen LogP contribution is 2.43. The Morgan fingerprint density at radius 1 is 1.53 bits per heavy atom. The van der Waals surface area contributed by atoms with Gasteiger partial charge in [-0.2, -0.15) is 10.4 Å². The summed E-state index contributed by atoms with van der Waals surface area (Å²) in [5, 5.41) is 17.1. The van der Waals surface area contributed by atoms with Gasteiger partial charge in [0.1, 0.15) is 11.6 Å². The second kappa shape index (κ2) is 3.04. The summed E-state index contributed by atoms with van der Waals surface area (Å²) in [6.45, 7) is 0. The highest BCUT2D eigenvalue weighted by Gasteiger charge is 2.28. The molecule has 4 nitrogen and oxygen atoms in total. The Kier molecular flexibility index (Phi) is 1.80. The summed E-state index contributed by atoms with van der Waals surface area (Å²) in [4.78, 5) is 4.03. The molecule has 1 saturated carbocycles. The van der Waals surface area contributed by atoms with E-state index in [9.17, 15) is 0 Å². The molecular weight excluding hydrogens is 256 g/mol. The summed E-state index contributed by atoms with van der Waals surface area (Å²) in [5.41, 5.74) is 2.38. The minimum Gasteiger partial charge on any atom is -0.281 e. The highest BCUT2D eigenvalue weighted by atomic mass is 79.9. The third-order valence-electron chi connectivity index (χ3n) is 2.66. The average molecular weight is 263 g/mol. The lowest BCUT2D eigenvalue weighted by Crippen LogP contribution is -1.87. The Morgan fingerprint density at radius 2 is 2.33 bits per heavy atom. The van der Waals surface area contributed by atoms with Gasteiger partial charge in [-0.3, -0.25) is 5.10 Å². The first-order valence-electron chi connectivity index (χ1n) is 4.74. The van der Waals surface area contributed by atoms with Crippen LogP contribution in [0.5, 0.6) is 0 Å². The number of pyridine rings is 1. The van der Waals surface area contributed by atoms with Crippen LogP contribution in [0.1, 0.15) is 30.1 Å². The lowest BCUT2D eigenvalue weighted by molar-refractivity contribution is 0.978. The largest absolute Gasteiger partial charge is 0.281 e. The molecule has 1 N–H and O–H groups in total. The summed E-state index contributed by atoms with van der Waals surface area (Å²) in [5.74, 6) is 0.584. The van der Waals surface area contributed by atoms with Crippen LogP contribution in [0.25, 0.3) is 10.9 Å². The van der Waals surface area contributed by atoms with Crippen LogP contribution in [-0.4, -0.2) is 15.2 Å². The van der Waals surface area contributed by atoms with Gasteiger partial charge >= 0.3 is 0 Å². The van der Waals surface area contributed by atoms with Crippen LogP contribution >= 0.6 is 15.9 Å². The second-order valence-corrected chi connectivity index (χ2v) is 4.50. The van der Waals surface area contributed by atoms with Gasteiger partial charge in [0.25, 0.3) is 0 Å². The zero-order valence-electron chi connectivity index (χ0n) is 7.79. The minimum atomic E-state index is 0.422. The number of fused-ring (bicyclic) bond motifs is 1. The summed E-state index contributed by atoms with van der Waals surface area (Å²) in [6, 6.07) is 2.06. The van der Waals surface area contributed by atoms with E-state index in [4.69, 9.17) is 5.26 Å².